The summed E-state index contributed by atoms with van der Waals surface area (Å²) in [5, 5.41) is 11.1. The number of nitrogens with zero attached hydrogens (tertiary/aromatic N) is 1. The van der Waals surface area contributed by atoms with Crippen LogP contribution in [-0.4, -0.2) is 41.8 Å². The van der Waals surface area contributed by atoms with Gasteiger partial charge in [0.1, 0.15) is 12.7 Å². The van der Waals surface area contributed by atoms with Crippen molar-refractivity contribution in [1.82, 2.24) is 4.90 Å². The van der Waals surface area contributed by atoms with Gasteiger partial charge in [0, 0.05) is 23.7 Å². The monoisotopic (exact) mass is 373 g/mol. The number of ether oxygens (including phenoxy) is 2. The van der Waals surface area contributed by atoms with Crippen molar-refractivity contribution in [1.29, 1.82) is 0 Å². The number of hydrogen-bond acceptors (Lipinski definition) is 4. The number of benzene rings is 2. The van der Waals surface area contributed by atoms with Crippen LogP contribution in [0.1, 0.15) is 18.4 Å². The minimum atomic E-state index is -0.360. The highest BCUT2D eigenvalue weighted by molar-refractivity contribution is 6.30. The van der Waals surface area contributed by atoms with Gasteiger partial charge < -0.3 is 19.5 Å². The van der Waals surface area contributed by atoms with E-state index >= 15 is 0 Å². The van der Waals surface area contributed by atoms with Crippen LogP contribution < -0.4 is 4.74 Å². The molecule has 1 saturated heterocycles. The summed E-state index contributed by atoms with van der Waals surface area (Å²) in [6.07, 6.45) is 1.31. The molecular weight excluding hydrogens is 354 g/mol. The second-order valence-corrected chi connectivity index (χ2v) is 7.04. The maximum atomic E-state index is 12.7. The van der Waals surface area contributed by atoms with Crippen LogP contribution in [-0.2, 0) is 16.1 Å². The fraction of sp³-hybridized carbons (Fsp3) is 0.350. The second-order valence-electron chi connectivity index (χ2n) is 6.60. The number of fused-ring (bicyclic) bond motifs is 1. The number of halogens is 1. The topological polar surface area (TPSA) is 59.0 Å². The van der Waals surface area contributed by atoms with Crippen molar-refractivity contribution in [3.8, 4) is 22.6 Å². The van der Waals surface area contributed by atoms with Crippen molar-refractivity contribution >= 4 is 17.5 Å². The van der Waals surface area contributed by atoms with Gasteiger partial charge in [0.05, 0.1) is 6.54 Å². The number of phenols is 1. The summed E-state index contributed by atoms with van der Waals surface area (Å²) in [5.41, 5.74) is 2.51. The van der Waals surface area contributed by atoms with Gasteiger partial charge in [-0.25, -0.2) is 0 Å². The van der Waals surface area contributed by atoms with Crippen LogP contribution in [0.25, 0.3) is 11.1 Å². The lowest BCUT2D eigenvalue weighted by Gasteiger charge is -2.23. The molecule has 6 heteroatoms. The summed E-state index contributed by atoms with van der Waals surface area (Å²) in [7, 11) is 0. The number of rotatable bonds is 2. The average Bonchev–Trinajstić information content (AvgIpc) is 3.08. The maximum Gasteiger partial charge on any atom is 0.252 e. The van der Waals surface area contributed by atoms with E-state index in [0.29, 0.717) is 37.1 Å². The summed E-state index contributed by atoms with van der Waals surface area (Å²) in [4.78, 5) is 14.5. The first-order valence-corrected chi connectivity index (χ1v) is 9.14. The molecule has 26 heavy (non-hydrogen) atoms. The van der Waals surface area contributed by atoms with Crippen molar-refractivity contribution in [3.63, 3.8) is 0 Å². The SMILES string of the molecule is O=C(C1CCCO1)N1CCOc2c(O)cc(-c3cccc(Cl)c3)cc2C1. The highest BCUT2D eigenvalue weighted by Gasteiger charge is 2.30. The van der Waals surface area contributed by atoms with Crippen LogP contribution in [0, 0.1) is 0 Å². The Morgan fingerprint density at radius 2 is 2.08 bits per heavy atom. The zero-order chi connectivity index (χ0) is 18.1. The van der Waals surface area contributed by atoms with E-state index in [4.69, 9.17) is 21.1 Å². The van der Waals surface area contributed by atoms with Gasteiger partial charge in [0.25, 0.3) is 5.91 Å². The van der Waals surface area contributed by atoms with Crippen molar-refractivity contribution in [2.75, 3.05) is 19.8 Å². The molecule has 2 aromatic carbocycles. The van der Waals surface area contributed by atoms with Gasteiger partial charge in [-0.1, -0.05) is 23.7 Å². The first-order chi connectivity index (χ1) is 12.6. The summed E-state index contributed by atoms with van der Waals surface area (Å²) < 4.78 is 11.3. The van der Waals surface area contributed by atoms with Crippen LogP contribution in [0.5, 0.6) is 11.5 Å². The smallest absolute Gasteiger partial charge is 0.252 e. The lowest BCUT2D eigenvalue weighted by atomic mass is 10.0. The van der Waals surface area contributed by atoms with Gasteiger partial charge in [-0.15, -0.1) is 0 Å². The Kier molecular flexibility index (Phi) is 4.74. The first-order valence-electron chi connectivity index (χ1n) is 8.77. The van der Waals surface area contributed by atoms with Crippen LogP contribution in [0.4, 0.5) is 0 Å². The van der Waals surface area contributed by atoms with E-state index in [2.05, 4.69) is 0 Å². The Morgan fingerprint density at radius 3 is 2.85 bits per heavy atom. The number of carbonyl (C=O) groups is 1. The molecule has 2 aliphatic heterocycles. The Labute approximate surface area is 157 Å². The van der Waals surface area contributed by atoms with Crippen molar-refractivity contribution in [2.24, 2.45) is 0 Å². The van der Waals surface area contributed by atoms with E-state index in [1.165, 1.54) is 0 Å². The molecule has 2 heterocycles. The van der Waals surface area contributed by atoms with Gasteiger partial charge in [-0.3, -0.25) is 4.79 Å². The van der Waals surface area contributed by atoms with Gasteiger partial charge in [0.15, 0.2) is 11.5 Å². The van der Waals surface area contributed by atoms with Gasteiger partial charge in [-0.2, -0.15) is 0 Å². The second kappa shape index (κ2) is 7.17. The van der Waals surface area contributed by atoms with Crippen LogP contribution >= 0.6 is 11.6 Å². The molecule has 136 valence electrons. The predicted molar refractivity (Wildman–Crippen MR) is 98.4 cm³/mol. The van der Waals surface area contributed by atoms with E-state index in [1.54, 1.807) is 17.0 Å². The molecule has 0 saturated carbocycles. The minimum absolute atomic E-state index is 0.00778. The number of carbonyl (C=O) groups excluding carboxylic acids is 1. The molecule has 2 aromatic rings. The van der Waals surface area contributed by atoms with E-state index in [1.807, 2.05) is 24.3 Å². The van der Waals surface area contributed by atoms with Crippen LogP contribution in [0.3, 0.4) is 0 Å². The third kappa shape index (κ3) is 3.37. The minimum Gasteiger partial charge on any atom is -0.504 e. The molecule has 1 fully saturated rings. The number of phenolic OH excluding ortho intramolecular Hbond substituents is 1. The van der Waals surface area contributed by atoms with Crippen molar-refractivity contribution < 1.29 is 19.4 Å². The number of aromatic hydroxyl groups is 1. The molecule has 0 radical (unpaired) electrons. The molecule has 5 nitrogen and oxygen atoms in total. The van der Waals surface area contributed by atoms with Crippen LogP contribution in [0.2, 0.25) is 5.02 Å². The molecule has 0 aromatic heterocycles. The lowest BCUT2D eigenvalue weighted by Crippen LogP contribution is -2.39. The lowest BCUT2D eigenvalue weighted by molar-refractivity contribution is -0.141. The molecular formula is C20H20ClNO4. The summed E-state index contributed by atoms with van der Waals surface area (Å²) in [6, 6.07) is 11.1. The quantitative estimate of drug-likeness (QED) is 0.873. The van der Waals surface area contributed by atoms with Gasteiger partial charge in [0.2, 0.25) is 0 Å². The summed E-state index contributed by atoms with van der Waals surface area (Å²) in [5.74, 6) is 0.508. The maximum absolute atomic E-state index is 12.7. The normalized spacial score (nSPS) is 19.6. The number of hydrogen-bond donors (Lipinski definition) is 1. The highest BCUT2D eigenvalue weighted by Crippen LogP contribution is 2.38. The van der Waals surface area contributed by atoms with Crippen molar-refractivity contribution in [3.05, 3.63) is 47.0 Å². The third-order valence-corrected chi connectivity index (χ3v) is 5.02. The molecule has 0 spiro atoms. The molecule has 1 atom stereocenters. The first kappa shape index (κ1) is 17.2. The zero-order valence-electron chi connectivity index (χ0n) is 14.3. The van der Waals surface area contributed by atoms with E-state index in [0.717, 1.165) is 29.5 Å². The molecule has 4 rings (SSSR count). The van der Waals surface area contributed by atoms with Gasteiger partial charge in [-0.05, 0) is 48.2 Å². The summed E-state index contributed by atoms with van der Waals surface area (Å²) >= 11 is 6.09. The van der Waals surface area contributed by atoms with Crippen molar-refractivity contribution in [2.45, 2.75) is 25.5 Å². The Balaban J connectivity index is 1.66. The molecule has 1 N–H and O–H groups in total. The molecule has 2 aliphatic rings. The fourth-order valence-electron chi connectivity index (χ4n) is 3.50. The van der Waals surface area contributed by atoms with E-state index < -0.39 is 0 Å². The van der Waals surface area contributed by atoms with Crippen LogP contribution in [0.15, 0.2) is 36.4 Å². The Bertz CT molecular complexity index is 833. The van der Waals surface area contributed by atoms with E-state index in [9.17, 15) is 9.90 Å². The molecule has 1 unspecified atom stereocenters. The number of amides is 1. The van der Waals surface area contributed by atoms with Gasteiger partial charge >= 0.3 is 0 Å². The summed E-state index contributed by atoms with van der Waals surface area (Å²) in [6.45, 7) is 1.84. The molecule has 0 bridgehead atoms. The zero-order valence-corrected chi connectivity index (χ0v) is 15.0. The van der Waals surface area contributed by atoms with E-state index in [-0.39, 0.29) is 17.8 Å². The Morgan fingerprint density at radius 1 is 1.19 bits per heavy atom. The largest absolute Gasteiger partial charge is 0.504 e. The fourth-order valence-corrected chi connectivity index (χ4v) is 3.69. The molecule has 0 aliphatic carbocycles. The highest BCUT2D eigenvalue weighted by atomic mass is 35.5. The Hall–Kier alpha value is -2.24. The predicted octanol–water partition coefficient (Wildman–Crippen LogP) is 3.61. The standard InChI is InChI=1S/C20H20ClNO4/c21-16-4-1-3-13(10-16)14-9-15-12-22(20(24)18-5-2-7-25-18)6-8-26-19(15)17(23)11-14/h1,3-4,9-11,18,23H,2,5-8,12H2. The third-order valence-electron chi connectivity index (χ3n) is 4.79. The molecule has 1 amide bonds. The average molecular weight is 374 g/mol.